The third-order valence-corrected chi connectivity index (χ3v) is 2.27. The average Bonchev–Trinajstić information content (AvgIpc) is 2.60. The van der Waals surface area contributed by atoms with Crippen molar-refractivity contribution < 1.29 is 0 Å². The first-order chi connectivity index (χ1) is 7.66. The fourth-order valence-electron chi connectivity index (χ4n) is 1.59. The Hall–Kier alpha value is -1.84. The summed E-state index contributed by atoms with van der Waals surface area (Å²) in [6.07, 6.45) is 0.787. The van der Waals surface area contributed by atoms with E-state index < -0.39 is 0 Å². The van der Waals surface area contributed by atoms with Crippen molar-refractivity contribution in [2.24, 2.45) is 5.92 Å². The Kier molecular flexibility index (Phi) is 2.90. The van der Waals surface area contributed by atoms with Crippen LogP contribution in [0.3, 0.4) is 0 Å². The minimum absolute atomic E-state index is 0.179. The van der Waals surface area contributed by atoms with Crippen LogP contribution >= 0.6 is 0 Å². The molecule has 0 aliphatic rings. The lowest BCUT2D eigenvalue weighted by Gasteiger charge is -1.99. The Balaban J connectivity index is 2.36. The van der Waals surface area contributed by atoms with E-state index in [1.807, 2.05) is 30.3 Å². The highest BCUT2D eigenvalue weighted by Crippen LogP contribution is 2.04. The van der Waals surface area contributed by atoms with Crippen molar-refractivity contribution in [1.82, 2.24) is 14.8 Å². The molecule has 1 N–H and O–H groups in total. The predicted molar refractivity (Wildman–Crippen MR) is 62.7 cm³/mol. The molecule has 16 heavy (non-hydrogen) atoms. The highest BCUT2D eigenvalue weighted by molar-refractivity contribution is 5.29. The van der Waals surface area contributed by atoms with Gasteiger partial charge in [0.25, 0.3) is 0 Å². The van der Waals surface area contributed by atoms with E-state index in [0.29, 0.717) is 5.92 Å². The van der Waals surface area contributed by atoms with E-state index in [4.69, 9.17) is 0 Å². The van der Waals surface area contributed by atoms with Gasteiger partial charge in [-0.25, -0.2) is 4.79 Å². The molecule has 1 aromatic carbocycles. The fraction of sp³-hybridized carbons (Fsp3) is 0.333. The number of rotatable bonds is 3. The first-order valence-electron chi connectivity index (χ1n) is 5.40. The molecular weight excluding hydrogens is 202 g/mol. The van der Waals surface area contributed by atoms with Crippen LogP contribution in [0, 0.1) is 5.92 Å². The first-order valence-corrected chi connectivity index (χ1v) is 5.40. The zero-order valence-corrected chi connectivity index (χ0v) is 9.47. The molecule has 4 heteroatoms. The molecule has 0 aliphatic carbocycles. The summed E-state index contributed by atoms with van der Waals surface area (Å²) in [5.74, 6) is 1.22. The topological polar surface area (TPSA) is 50.7 Å². The molecule has 0 saturated heterocycles. The Morgan fingerprint density at radius 3 is 2.62 bits per heavy atom. The van der Waals surface area contributed by atoms with Gasteiger partial charge in [0, 0.05) is 6.42 Å². The first kappa shape index (κ1) is 10.7. The number of benzene rings is 1. The summed E-state index contributed by atoms with van der Waals surface area (Å²) in [5.41, 5.74) is 0.612. The molecule has 2 aromatic rings. The SMILES string of the molecule is CC(C)Cc1nn(-c2ccccc2)c(=O)[nH]1. The Bertz CT molecular complexity index is 511. The van der Waals surface area contributed by atoms with E-state index in [9.17, 15) is 4.79 Å². The molecule has 2 rings (SSSR count). The lowest BCUT2D eigenvalue weighted by atomic mass is 10.1. The molecule has 0 fully saturated rings. The maximum absolute atomic E-state index is 11.7. The number of nitrogens with one attached hydrogen (secondary N) is 1. The molecule has 0 spiro atoms. The molecular formula is C12H15N3O. The summed E-state index contributed by atoms with van der Waals surface area (Å²) < 4.78 is 1.40. The number of H-pyrrole nitrogens is 1. The second-order valence-corrected chi connectivity index (χ2v) is 4.22. The highest BCUT2D eigenvalue weighted by atomic mass is 16.1. The lowest BCUT2D eigenvalue weighted by molar-refractivity contribution is 0.618. The van der Waals surface area contributed by atoms with Gasteiger partial charge in [-0.1, -0.05) is 32.0 Å². The summed E-state index contributed by atoms with van der Waals surface area (Å²) in [6.45, 7) is 4.19. The standard InChI is InChI=1S/C12H15N3O/c1-9(2)8-11-13-12(16)15(14-11)10-6-4-3-5-7-10/h3-7,9H,8H2,1-2H3,(H,13,14,16). The molecule has 0 atom stereocenters. The van der Waals surface area contributed by atoms with Crippen LogP contribution in [0.1, 0.15) is 19.7 Å². The third kappa shape index (κ3) is 2.21. The van der Waals surface area contributed by atoms with Gasteiger partial charge in [0.15, 0.2) is 0 Å². The zero-order chi connectivity index (χ0) is 11.5. The van der Waals surface area contributed by atoms with E-state index in [1.165, 1.54) is 4.68 Å². The van der Waals surface area contributed by atoms with Crippen molar-refractivity contribution in [2.75, 3.05) is 0 Å². The number of hydrogen-bond acceptors (Lipinski definition) is 2. The summed E-state index contributed by atoms with van der Waals surface area (Å²) in [6, 6.07) is 9.41. The number of aromatic nitrogens is 3. The van der Waals surface area contributed by atoms with Crippen molar-refractivity contribution in [2.45, 2.75) is 20.3 Å². The van der Waals surface area contributed by atoms with E-state index >= 15 is 0 Å². The molecule has 0 radical (unpaired) electrons. The van der Waals surface area contributed by atoms with Crippen LogP contribution < -0.4 is 5.69 Å². The molecule has 0 unspecified atom stereocenters. The molecule has 4 nitrogen and oxygen atoms in total. The predicted octanol–water partition coefficient (Wildman–Crippen LogP) is 1.76. The highest BCUT2D eigenvalue weighted by Gasteiger charge is 2.07. The summed E-state index contributed by atoms with van der Waals surface area (Å²) in [5, 5.41) is 4.27. The number of aromatic amines is 1. The molecule has 1 aromatic heterocycles. The fourth-order valence-corrected chi connectivity index (χ4v) is 1.59. The van der Waals surface area contributed by atoms with Crippen LogP contribution in [0.25, 0.3) is 5.69 Å². The van der Waals surface area contributed by atoms with Crippen LogP contribution in [0.5, 0.6) is 0 Å². The number of nitrogens with zero attached hydrogens (tertiary/aromatic N) is 2. The van der Waals surface area contributed by atoms with Crippen molar-refractivity contribution in [3.8, 4) is 5.69 Å². The molecule has 0 bridgehead atoms. The Morgan fingerprint density at radius 1 is 1.31 bits per heavy atom. The average molecular weight is 217 g/mol. The maximum atomic E-state index is 11.7. The second-order valence-electron chi connectivity index (χ2n) is 4.22. The van der Waals surface area contributed by atoms with Crippen LogP contribution in [-0.4, -0.2) is 14.8 Å². The van der Waals surface area contributed by atoms with Crippen LogP contribution in [0.2, 0.25) is 0 Å². The molecule has 0 saturated carbocycles. The van der Waals surface area contributed by atoms with Crippen LogP contribution in [-0.2, 0) is 6.42 Å². The lowest BCUT2D eigenvalue weighted by Crippen LogP contribution is -2.15. The van der Waals surface area contributed by atoms with Crippen molar-refractivity contribution in [3.63, 3.8) is 0 Å². The van der Waals surface area contributed by atoms with Crippen molar-refractivity contribution >= 4 is 0 Å². The van der Waals surface area contributed by atoms with E-state index in [2.05, 4.69) is 23.9 Å². The van der Waals surface area contributed by atoms with Crippen LogP contribution in [0.15, 0.2) is 35.1 Å². The molecule has 0 aliphatic heterocycles. The second kappa shape index (κ2) is 4.35. The van der Waals surface area contributed by atoms with Crippen molar-refractivity contribution in [1.29, 1.82) is 0 Å². The normalized spacial score (nSPS) is 10.9. The van der Waals surface area contributed by atoms with Gasteiger partial charge in [-0.2, -0.15) is 9.78 Å². The van der Waals surface area contributed by atoms with Gasteiger partial charge >= 0.3 is 5.69 Å². The minimum atomic E-state index is -0.179. The number of para-hydroxylation sites is 1. The smallest absolute Gasteiger partial charge is 0.292 e. The Labute approximate surface area is 93.9 Å². The minimum Gasteiger partial charge on any atom is -0.292 e. The van der Waals surface area contributed by atoms with Gasteiger partial charge < -0.3 is 0 Å². The molecule has 1 heterocycles. The monoisotopic (exact) mass is 217 g/mol. The quantitative estimate of drug-likeness (QED) is 0.851. The van der Waals surface area contributed by atoms with E-state index in [0.717, 1.165) is 17.9 Å². The number of hydrogen-bond donors (Lipinski definition) is 1. The van der Waals surface area contributed by atoms with E-state index in [1.54, 1.807) is 0 Å². The molecule has 0 amide bonds. The third-order valence-electron chi connectivity index (χ3n) is 2.27. The largest absolute Gasteiger partial charge is 0.348 e. The zero-order valence-electron chi connectivity index (χ0n) is 9.47. The summed E-state index contributed by atoms with van der Waals surface area (Å²) >= 11 is 0. The van der Waals surface area contributed by atoms with Gasteiger partial charge in [-0.05, 0) is 18.1 Å². The molecule has 84 valence electrons. The Morgan fingerprint density at radius 2 is 2.00 bits per heavy atom. The summed E-state index contributed by atoms with van der Waals surface area (Å²) in [7, 11) is 0. The maximum Gasteiger partial charge on any atom is 0.348 e. The van der Waals surface area contributed by atoms with Crippen molar-refractivity contribution in [3.05, 3.63) is 46.6 Å². The van der Waals surface area contributed by atoms with Gasteiger partial charge in [-0.3, -0.25) is 4.98 Å². The summed E-state index contributed by atoms with van der Waals surface area (Å²) in [4.78, 5) is 14.4. The van der Waals surface area contributed by atoms with Crippen LogP contribution in [0.4, 0.5) is 0 Å². The van der Waals surface area contributed by atoms with Gasteiger partial charge in [-0.15, -0.1) is 0 Å². The van der Waals surface area contributed by atoms with Gasteiger partial charge in [0.1, 0.15) is 5.82 Å². The van der Waals surface area contributed by atoms with Gasteiger partial charge in [0.2, 0.25) is 0 Å². The van der Waals surface area contributed by atoms with Gasteiger partial charge in [0.05, 0.1) is 5.69 Å². The van der Waals surface area contributed by atoms with E-state index in [-0.39, 0.29) is 5.69 Å².